The Morgan fingerprint density at radius 3 is 2.44 bits per heavy atom. The number of anilines is 2. The minimum atomic E-state index is -3.94. The van der Waals surface area contributed by atoms with Crippen molar-refractivity contribution >= 4 is 44.9 Å². The molecule has 4 rings (SSSR count). The lowest BCUT2D eigenvalue weighted by Crippen LogP contribution is -2.48. The summed E-state index contributed by atoms with van der Waals surface area (Å²) >= 11 is 5.90. The van der Waals surface area contributed by atoms with Crippen molar-refractivity contribution < 1.29 is 32.2 Å². The summed E-state index contributed by atoms with van der Waals surface area (Å²) in [6, 6.07) is 14.9. The normalized spacial score (nSPS) is 17.9. The molecule has 230 valence electrons. The first kappa shape index (κ1) is 32.1. The Morgan fingerprint density at radius 1 is 1.14 bits per heavy atom. The van der Waals surface area contributed by atoms with E-state index in [4.69, 9.17) is 16.3 Å². The molecule has 1 heterocycles. The fourth-order valence-electron chi connectivity index (χ4n) is 4.64. The number of carbonyl (C=O) groups excluding carboxylic acids is 2. The van der Waals surface area contributed by atoms with Gasteiger partial charge in [0, 0.05) is 41.5 Å². The Hall–Kier alpha value is -3.87. The van der Waals surface area contributed by atoms with Crippen molar-refractivity contribution in [1.82, 2.24) is 9.80 Å². The average molecular weight is 633 g/mol. The molecule has 0 radical (unpaired) electrons. The third-order valence-electron chi connectivity index (χ3n) is 7.19. The van der Waals surface area contributed by atoms with Gasteiger partial charge in [0.05, 0.1) is 30.5 Å². The maximum absolute atomic E-state index is 13.4. The second-order valence-electron chi connectivity index (χ2n) is 10.6. The Bertz CT molecular complexity index is 1560. The first-order valence-corrected chi connectivity index (χ1v) is 15.5. The van der Waals surface area contributed by atoms with E-state index < -0.39 is 34.0 Å². The van der Waals surface area contributed by atoms with Gasteiger partial charge in [0.2, 0.25) is 5.91 Å². The number of likely N-dealkylation sites (N-methyl/N-ethyl adjacent to an activating group) is 1. The van der Waals surface area contributed by atoms with E-state index in [2.05, 4.69) is 10.0 Å². The van der Waals surface area contributed by atoms with Gasteiger partial charge in [-0.3, -0.25) is 9.52 Å². The number of nitrogens with one attached hydrogen (secondary N) is 2. The van der Waals surface area contributed by atoms with Crippen molar-refractivity contribution in [2.75, 3.05) is 36.8 Å². The predicted molar refractivity (Wildman–Crippen MR) is 162 cm³/mol. The van der Waals surface area contributed by atoms with Crippen LogP contribution in [-0.4, -0.2) is 74.2 Å². The van der Waals surface area contributed by atoms with E-state index in [9.17, 15) is 27.5 Å². The lowest BCUT2D eigenvalue weighted by molar-refractivity contribution is -0.134. The number of urea groups is 1. The number of aliphatic hydroxyl groups is 1. The van der Waals surface area contributed by atoms with E-state index in [0.717, 1.165) is 0 Å². The second kappa shape index (κ2) is 13.6. The van der Waals surface area contributed by atoms with Crippen LogP contribution >= 0.6 is 11.6 Å². The van der Waals surface area contributed by atoms with Crippen LogP contribution in [0, 0.1) is 11.7 Å². The Balaban J connectivity index is 1.61. The van der Waals surface area contributed by atoms with E-state index in [-0.39, 0.29) is 48.5 Å². The van der Waals surface area contributed by atoms with Crippen LogP contribution in [0.2, 0.25) is 5.02 Å². The third-order valence-corrected chi connectivity index (χ3v) is 8.84. The Kier molecular flexibility index (Phi) is 10.2. The number of nitrogens with zero attached hydrogens (tertiary/aromatic N) is 2. The highest BCUT2D eigenvalue weighted by Crippen LogP contribution is 2.30. The van der Waals surface area contributed by atoms with Gasteiger partial charge in [-0.05, 0) is 73.7 Å². The number of fused-ring (bicyclic) bond motifs is 1. The number of rotatable bonds is 8. The first-order valence-electron chi connectivity index (χ1n) is 13.6. The van der Waals surface area contributed by atoms with Gasteiger partial charge in [-0.1, -0.05) is 18.5 Å². The summed E-state index contributed by atoms with van der Waals surface area (Å²) in [6.45, 7) is 3.76. The average Bonchev–Trinajstić information content (AvgIpc) is 3.01. The van der Waals surface area contributed by atoms with Gasteiger partial charge in [0.1, 0.15) is 17.7 Å². The molecule has 0 unspecified atom stereocenters. The Morgan fingerprint density at radius 2 is 1.79 bits per heavy atom. The van der Waals surface area contributed by atoms with Crippen LogP contribution in [0.3, 0.4) is 0 Å². The summed E-state index contributed by atoms with van der Waals surface area (Å²) in [7, 11) is -2.35. The monoisotopic (exact) mass is 632 g/mol. The fourth-order valence-corrected chi connectivity index (χ4v) is 5.82. The van der Waals surface area contributed by atoms with Crippen molar-refractivity contribution in [3.05, 3.63) is 83.1 Å². The number of ether oxygens (including phenoxy) is 1. The molecule has 3 aromatic carbocycles. The smallest absolute Gasteiger partial charge is 0.321 e. The minimum Gasteiger partial charge on any atom is -0.488 e. The molecule has 1 aliphatic heterocycles. The maximum atomic E-state index is 13.4. The van der Waals surface area contributed by atoms with Crippen molar-refractivity contribution in [1.29, 1.82) is 0 Å². The number of hydrogen-bond acceptors (Lipinski definition) is 6. The summed E-state index contributed by atoms with van der Waals surface area (Å²) in [5, 5.41) is 13.0. The minimum absolute atomic E-state index is 0.0200. The number of halogens is 2. The van der Waals surface area contributed by atoms with E-state index in [1.807, 2.05) is 6.92 Å². The molecule has 0 aliphatic carbocycles. The molecule has 3 atom stereocenters. The molecule has 10 nitrogen and oxygen atoms in total. The van der Waals surface area contributed by atoms with Gasteiger partial charge in [0.25, 0.3) is 10.0 Å². The topological polar surface area (TPSA) is 128 Å². The molecule has 43 heavy (non-hydrogen) atoms. The molecule has 1 aliphatic rings. The summed E-state index contributed by atoms with van der Waals surface area (Å²) in [4.78, 5) is 29.4. The van der Waals surface area contributed by atoms with Gasteiger partial charge in [0.15, 0.2) is 0 Å². The van der Waals surface area contributed by atoms with Crippen LogP contribution in [-0.2, 0) is 21.2 Å². The summed E-state index contributed by atoms with van der Waals surface area (Å²) < 4.78 is 48.2. The summed E-state index contributed by atoms with van der Waals surface area (Å²) in [5.74, 6) is -0.590. The highest BCUT2D eigenvalue weighted by Gasteiger charge is 2.32. The molecule has 13 heteroatoms. The number of hydrogen-bond donors (Lipinski definition) is 3. The fraction of sp³-hybridized carbons (Fsp3) is 0.333. The van der Waals surface area contributed by atoms with Crippen LogP contribution < -0.4 is 14.8 Å². The lowest BCUT2D eigenvalue weighted by atomic mass is 10.0. The highest BCUT2D eigenvalue weighted by molar-refractivity contribution is 7.92. The molecule has 3 N–H and O–H groups in total. The summed E-state index contributed by atoms with van der Waals surface area (Å²) in [6.07, 6.45) is -0.685. The van der Waals surface area contributed by atoms with Crippen LogP contribution in [0.1, 0.15) is 19.4 Å². The van der Waals surface area contributed by atoms with Gasteiger partial charge in [-0.2, -0.15) is 0 Å². The lowest BCUT2D eigenvalue weighted by Gasteiger charge is -2.34. The number of amides is 3. The maximum Gasteiger partial charge on any atom is 0.321 e. The Labute approximate surface area is 255 Å². The molecular formula is C30H34ClFN4O6S. The van der Waals surface area contributed by atoms with E-state index in [0.29, 0.717) is 22.0 Å². The molecular weight excluding hydrogens is 599 g/mol. The molecule has 0 aromatic heterocycles. The molecule has 3 amide bonds. The number of carbonyl (C=O) groups is 2. The first-order chi connectivity index (χ1) is 20.4. The van der Waals surface area contributed by atoms with Gasteiger partial charge in [-0.15, -0.1) is 0 Å². The third kappa shape index (κ3) is 8.15. The largest absolute Gasteiger partial charge is 0.488 e. The van der Waals surface area contributed by atoms with E-state index in [1.54, 1.807) is 31.0 Å². The number of benzene rings is 3. The number of aliphatic hydroxyl groups excluding tert-OH is 1. The van der Waals surface area contributed by atoms with Crippen molar-refractivity contribution in [3.63, 3.8) is 0 Å². The van der Waals surface area contributed by atoms with E-state index in [1.165, 1.54) is 59.5 Å². The number of sulfonamides is 1. The van der Waals surface area contributed by atoms with Crippen molar-refractivity contribution in [2.45, 2.75) is 37.3 Å². The zero-order chi connectivity index (χ0) is 31.3. The van der Waals surface area contributed by atoms with Gasteiger partial charge >= 0.3 is 6.03 Å². The molecule has 0 fully saturated rings. The predicted octanol–water partition coefficient (Wildman–Crippen LogP) is 4.59. The molecule has 0 saturated carbocycles. The van der Waals surface area contributed by atoms with Crippen LogP contribution in [0.4, 0.5) is 20.6 Å². The van der Waals surface area contributed by atoms with Gasteiger partial charge < -0.3 is 25.0 Å². The molecule has 3 aromatic rings. The van der Waals surface area contributed by atoms with Crippen LogP contribution in [0.25, 0.3) is 0 Å². The van der Waals surface area contributed by atoms with Crippen LogP contribution in [0.5, 0.6) is 5.75 Å². The zero-order valence-corrected chi connectivity index (χ0v) is 25.5. The summed E-state index contributed by atoms with van der Waals surface area (Å²) in [5.41, 5.74) is 1.09. The van der Waals surface area contributed by atoms with Crippen molar-refractivity contribution in [3.8, 4) is 5.75 Å². The quantitative estimate of drug-likeness (QED) is 0.333. The molecule has 0 bridgehead atoms. The molecule has 0 spiro atoms. The van der Waals surface area contributed by atoms with Crippen LogP contribution in [0.15, 0.2) is 71.6 Å². The SMILES string of the molecule is C[C@@H]1CN([C@@H](C)CO)C(=O)Cc2cc(NS(=O)(=O)c3ccc(Cl)cc3)ccc2O[C@@H]1CN(C)C(=O)Nc1ccc(F)cc1. The van der Waals surface area contributed by atoms with Gasteiger partial charge in [-0.25, -0.2) is 17.6 Å². The zero-order valence-electron chi connectivity index (χ0n) is 24.0. The van der Waals surface area contributed by atoms with Crippen molar-refractivity contribution in [2.24, 2.45) is 5.92 Å². The standard InChI is InChI=1S/C30H34ClFN4O6S/c1-19-16-36(20(2)18-37)29(38)15-21-14-25(34-43(40,41)26-11-4-22(31)5-12-26)10-13-27(21)42-28(19)17-35(3)30(39)33-24-8-6-23(32)7-9-24/h4-14,19-20,28,34,37H,15-18H2,1-3H3,(H,33,39)/t19-,20+,28-/m1/s1. The highest BCUT2D eigenvalue weighted by atomic mass is 35.5. The van der Waals surface area contributed by atoms with E-state index >= 15 is 0 Å². The molecule has 0 saturated heterocycles. The second-order valence-corrected chi connectivity index (χ2v) is 12.7.